The maximum Gasteiger partial charge on any atom is 0.295 e. The number of likely N-dealkylation sites (tertiary alicyclic amines) is 1. The second kappa shape index (κ2) is 10.4. The number of aliphatic hydroxyl groups excluding tert-OH is 1. The monoisotopic (exact) mass is 474 g/mol. The number of nitrogens with zero attached hydrogens (tertiary/aromatic N) is 2. The number of amides is 1. The van der Waals surface area contributed by atoms with Crippen molar-refractivity contribution >= 4 is 29.1 Å². The van der Waals surface area contributed by atoms with Crippen LogP contribution in [0.25, 0.3) is 5.76 Å². The lowest BCUT2D eigenvalue weighted by molar-refractivity contribution is -0.140. The molecule has 1 atom stereocenters. The normalized spacial score (nSPS) is 17.8. The van der Waals surface area contributed by atoms with E-state index in [1.165, 1.54) is 30.2 Å². The number of Topliss-reactive ketones (excluding diaryl/α,β-unsaturated/α-hetero) is 1. The summed E-state index contributed by atoms with van der Waals surface area (Å²) in [4.78, 5) is 29.6. The van der Waals surface area contributed by atoms with Crippen molar-refractivity contribution < 1.29 is 23.8 Å². The standard InChI is InChI=1S/C25H28ClFN2O4/c1-5-28(6-2)11-12-29-21(16-9-7-8-10-19(16)27)20(23(31)25(29)32)22(30)17-13-15(3)14-18(26)24(17)33-4/h7-10,13-14,21,30H,5-6,11-12H2,1-4H3/b22-20+. The molecule has 1 unspecified atom stereocenters. The van der Waals surface area contributed by atoms with E-state index in [1.54, 1.807) is 25.1 Å². The Morgan fingerprint density at radius 1 is 1.21 bits per heavy atom. The zero-order chi connectivity index (χ0) is 24.3. The number of hydrogen-bond acceptors (Lipinski definition) is 5. The molecule has 0 saturated carbocycles. The van der Waals surface area contributed by atoms with Crippen LogP contribution in [0.5, 0.6) is 5.75 Å². The minimum absolute atomic E-state index is 0.135. The van der Waals surface area contributed by atoms with Crippen LogP contribution >= 0.6 is 11.6 Å². The van der Waals surface area contributed by atoms with Crippen molar-refractivity contribution in [1.29, 1.82) is 0 Å². The van der Waals surface area contributed by atoms with Gasteiger partial charge in [-0.3, -0.25) is 9.59 Å². The number of rotatable bonds is 8. The molecule has 0 radical (unpaired) electrons. The maximum atomic E-state index is 14.9. The number of methoxy groups -OCH3 is 1. The molecular formula is C25H28ClFN2O4. The molecule has 33 heavy (non-hydrogen) atoms. The van der Waals surface area contributed by atoms with Gasteiger partial charge in [0.05, 0.1) is 29.3 Å². The molecular weight excluding hydrogens is 447 g/mol. The van der Waals surface area contributed by atoms with Crippen LogP contribution in [-0.2, 0) is 9.59 Å². The predicted octanol–water partition coefficient (Wildman–Crippen LogP) is 4.56. The molecule has 0 bridgehead atoms. The first kappa shape index (κ1) is 24.7. The van der Waals surface area contributed by atoms with Crippen molar-refractivity contribution in [3.8, 4) is 5.75 Å². The molecule has 0 aromatic heterocycles. The highest BCUT2D eigenvalue weighted by atomic mass is 35.5. The van der Waals surface area contributed by atoms with E-state index in [4.69, 9.17) is 16.3 Å². The highest BCUT2D eigenvalue weighted by Gasteiger charge is 2.47. The van der Waals surface area contributed by atoms with Crippen molar-refractivity contribution in [1.82, 2.24) is 9.80 Å². The molecule has 1 amide bonds. The second-order valence-electron chi connectivity index (χ2n) is 7.87. The number of benzene rings is 2. The van der Waals surface area contributed by atoms with Crippen LogP contribution in [0, 0.1) is 12.7 Å². The average Bonchev–Trinajstić information content (AvgIpc) is 3.04. The van der Waals surface area contributed by atoms with Gasteiger partial charge in [0.25, 0.3) is 11.7 Å². The Morgan fingerprint density at radius 3 is 2.48 bits per heavy atom. The number of ether oxygens (including phenoxy) is 1. The van der Waals surface area contributed by atoms with Crippen molar-refractivity contribution in [3.05, 3.63) is 69.5 Å². The quantitative estimate of drug-likeness (QED) is 0.345. The third-order valence-electron chi connectivity index (χ3n) is 5.94. The largest absolute Gasteiger partial charge is 0.507 e. The number of aliphatic hydroxyl groups is 1. The van der Waals surface area contributed by atoms with E-state index in [0.29, 0.717) is 6.54 Å². The summed E-state index contributed by atoms with van der Waals surface area (Å²) in [5, 5.41) is 11.5. The second-order valence-corrected chi connectivity index (χ2v) is 8.28. The molecule has 2 aromatic carbocycles. The molecule has 1 aliphatic heterocycles. The third-order valence-corrected chi connectivity index (χ3v) is 6.22. The van der Waals surface area contributed by atoms with E-state index in [9.17, 15) is 19.1 Å². The number of carbonyl (C=O) groups is 2. The topological polar surface area (TPSA) is 70.1 Å². The smallest absolute Gasteiger partial charge is 0.295 e. The molecule has 1 aliphatic rings. The SMILES string of the molecule is CCN(CC)CCN1C(=O)C(=O)/C(=C(/O)c2cc(C)cc(Cl)c2OC)C1c1ccccc1F. The Bertz CT molecular complexity index is 1100. The van der Waals surface area contributed by atoms with Gasteiger partial charge in [0.1, 0.15) is 17.3 Å². The number of halogens is 2. The predicted molar refractivity (Wildman–Crippen MR) is 126 cm³/mol. The fourth-order valence-electron chi connectivity index (χ4n) is 4.18. The molecule has 6 nitrogen and oxygen atoms in total. The Labute approximate surface area is 198 Å². The summed E-state index contributed by atoms with van der Waals surface area (Å²) in [5.74, 6) is -2.51. The van der Waals surface area contributed by atoms with Gasteiger partial charge >= 0.3 is 0 Å². The summed E-state index contributed by atoms with van der Waals surface area (Å²) in [6, 6.07) is 8.15. The molecule has 8 heteroatoms. The van der Waals surface area contributed by atoms with E-state index in [0.717, 1.165) is 18.7 Å². The fraction of sp³-hybridized carbons (Fsp3) is 0.360. The third kappa shape index (κ3) is 4.75. The van der Waals surface area contributed by atoms with Gasteiger partial charge in [-0.15, -0.1) is 0 Å². The van der Waals surface area contributed by atoms with Crippen LogP contribution in [0.2, 0.25) is 5.02 Å². The lowest BCUT2D eigenvalue weighted by Gasteiger charge is -2.28. The lowest BCUT2D eigenvalue weighted by Crippen LogP contribution is -2.38. The van der Waals surface area contributed by atoms with Gasteiger partial charge in [-0.1, -0.05) is 43.6 Å². The number of likely N-dealkylation sites (N-methyl/N-ethyl adjacent to an activating group) is 1. The number of aryl methyl sites for hydroxylation is 1. The maximum absolute atomic E-state index is 14.9. The number of carbonyl (C=O) groups excluding carboxylic acids is 2. The minimum Gasteiger partial charge on any atom is -0.507 e. The molecule has 2 aromatic rings. The van der Waals surface area contributed by atoms with Crippen LogP contribution < -0.4 is 4.74 Å². The average molecular weight is 475 g/mol. The summed E-state index contributed by atoms with van der Waals surface area (Å²) in [6.45, 7) is 8.02. The van der Waals surface area contributed by atoms with Crippen LogP contribution in [0.1, 0.15) is 36.6 Å². The fourth-order valence-corrected chi connectivity index (χ4v) is 4.53. The highest BCUT2D eigenvalue weighted by molar-refractivity contribution is 6.46. The van der Waals surface area contributed by atoms with Crippen molar-refractivity contribution in [3.63, 3.8) is 0 Å². The Morgan fingerprint density at radius 2 is 1.88 bits per heavy atom. The van der Waals surface area contributed by atoms with Crippen LogP contribution in [0.3, 0.4) is 0 Å². The Hall–Kier alpha value is -2.90. The van der Waals surface area contributed by atoms with Crippen LogP contribution in [0.4, 0.5) is 4.39 Å². The molecule has 1 N–H and O–H groups in total. The van der Waals surface area contributed by atoms with Gasteiger partial charge in [-0.2, -0.15) is 0 Å². The van der Waals surface area contributed by atoms with E-state index in [1.807, 2.05) is 13.8 Å². The van der Waals surface area contributed by atoms with Crippen molar-refractivity contribution in [2.24, 2.45) is 0 Å². The Kier molecular flexibility index (Phi) is 7.76. The summed E-state index contributed by atoms with van der Waals surface area (Å²) in [6.07, 6.45) is 0. The van der Waals surface area contributed by atoms with E-state index >= 15 is 0 Å². The molecule has 176 valence electrons. The van der Waals surface area contributed by atoms with Crippen molar-refractivity contribution in [2.75, 3.05) is 33.3 Å². The first-order chi connectivity index (χ1) is 15.7. The molecule has 1 saturated heterocycles. The van der Waals surface area contributed by atoms with Gasteiger partial charge in [0, 0.05) is 18.7 Å². The van der Waals surface area contributed by atoms with Gasteiger partial charge in [0.15, 0.2) is 0 Å². The van der Waals surface area contributed by atoms with E-state index in [-0.39, 0.29) is 34.0 Å². The van der Waals surface area contributed by atoms with E-state index < -0.39 is 29.3 Å². The number of hydrogen-bond donors (Lipinski definition) is 1. The molecule has 0 spiro atoms. The Balaban J connectivity index is 2.22. The van der Waals surface area contributed by atoms with E-state index in [2.05, 4.69) is 4.90 Å². The zero-order valence-electron chi connectivity index (χ0n) is 19.2. The first-order valence-electron chi connectivity index (χ1n) is 10.8. The molecule has 0 aliphatic carbocycles. The van der Waals surface area contributed by atoms with Crippen LogP contribution in [0.15, 0.2) is 42.0 Å². The van der Waals surface area contributed by atoms with Gasteiger partial charge in [0.2, 0.25) is 0 Å². The molecule has 1 fully saturated rings. The lowest BCUT2D eigenvalue weighted by atomic mass is 9.94. The molecule has 1 heterocycles. The summed E-state index contributed by atoms with van der Waals surface area (Å²) in [7, 11) is 1.39. The minimum atomic E-state index is -1.08. The molecule has 3 rings (SSSR count). The van der Waals surface area contributed by atoms with Crippen molar-refractivity contribution in [2.45, 2.75) is 26.8 Å². The summed E-state index contributed by atoms with van der Waals surface area (Å²) >= 11 is 6.29. The van der Waals surface area contributed by atoms with Crippen LogP contribution in [-0.4, -0.2) is 59.9 Å². The van der Waals surface area contributed by atoms with Gasteiger partial charge in [-0.25, -0.2) is 4.39 Å². The number of ketones is 1. The first-order valence-corrected chi connectivity index (χ1v) is 11.2. The highest BCUT2D eigenvalue weighted by Crippen LogP contribution is 2.43. The zero-order valence-corrected chi connectivity index (χ0v) is 19.9. The van der Waals surface area contributed by atoms with Gasteiger partial charge < -0.3 is 19.6 Å². The summed E-state index contributed by atoms with van der Waals surface area (Å²) in [5.41, 5.74) is 0.839. The summed E-state index contributed by atoms with van der Waals surface area (Å²) < 4.78 is 20.3. The van der Waals surface area contributed by atoms with Gasteiger partial charge in [-0.05, 0) is 43.8 Å².